The lowest BCUT2D eigenvalue weighted by atomic mass is 10.1. The fraction of sp³-hybridized carbons (Fsp3) is 0.550. The van der Waals surface area contributed by atoms with Gasteiger partial charge in [-0.1, -0.05) is 12.1 Å². The summed E-state index contributed by atoms with van der Waals surface area (Å²) in [5.41, 5.74) is 4.45. The van der Waals surface area contributed by atoms with Crippen molar-refractivity contribution in [3.05, 3.63) is 35.0 Å². The highest BCUT2D eigenvalue weighted by atomic mass is 16.5. The number of urea groups is 1. The largest absolute Gasteiger partial charge is 0.490 e. The molecule has 1 aliphatic carbocycles. The minimum atomic E-state index is 0.111. The van der Waals surface area contributed by atoms with E-state index in [1.54, 1.807) is 0 Å². The van der Waals surface area contributed by atoms with Crippen LogP contribution in [0.1, 0.15) is 49.7 Å². The Balaban J connectivity index is 1.64. The second-order valence-corrected chi connectivity index (χ2v) is 7.29. The van der Waals surface area contributed by atoms with Gasteiger partial charge in [0.15, 0.2) is 0 Å². The molecule has 0 radical (unpaired) electrons. The molecule has 2 fully saturated rings. The van der Waals surface area contributed by atoms with E-state index in [2.05, 4.69) is 32.1 Å². The van der Waals surface area contributed by atoms with Crippen molar-refractivity contribution in [1.29, 1.82) is 0 Å². The van der Waals surface area contributed by atoms with Gasteiger partial charge < -0.3 is 4.74 Å². The maximum atomic E-state index is 12.8. The highest BCUT2D eigenvalue weighted by Crippen LogP contribution is 2.36. The van der Waals surface area contributed by atoms with Crippen molar-refractivity contribution in [2.75, 3.05) is 18.0 Å². The number of anilines is 1. The van der Waals surface area contributed by atoms with Crippen LogP contribution in [0.2, 0.25) is 0 Å². The van der Waals surface area contributed by atoms with Crippen LogP contribution in [-0.2, 0) is 0 Å². The normalized spacial score (nSPS) is 21.2. The highest BCUT2D eigenvalue weighted by molar-refractivity contribution is 5.97. The van der Waals surface area contributed by atoms with Gasteiger partial charge in [0.25, 0.3) is 0 Å². The van der Waals surface area contributed by atoms with E-state index in [0.717, 1.165) is 60.5 Å². The van der Waals surface area contributed by atoms with Crippen LogP contribution in [0.5, 0.6) is 5.75 Å². The van der Waals surface area contributed by atoms with Crippen molar-refractivity contribution in [3.63, 3.8) is 0 Å². The summed E-state index contributed by atoms with van der Waals surface area (Å²) in [6, 6.07) is 4.35. The van der Waals surface area contributed by atoms with Crippen molar-refractivity contribution < 1.29 is 9.53 Å². The molecule has 3 aliphatic rings. The van der Waals surface area contributed by atoms with E-state index < -0.39 is 0 Å². The number of benzene rings is 1. The Morgan fingerprint density at radius 3 is 2.58 bits per heavy atom. The first-order valence-corrected chi connectivity index (χ1v) is 9.19. The Morgan fingerprint density at radius 2 is 1.83 bits per heavy atom. The topological polar surface area (TPSA) is 32.8 Å². The number of hydrogen-bond donors (Lipinski definition) is 0. The fourth-order valence-electron chi connectivity index (χ4n) is 4.13. The molecular weight excluding hydrogens is 300 g/mol. The third-order valence-corrected chi connectivity index (χ3v) is 5.47. The zero-order valence-corrected chi connectivity index (χ0v) is 14.7. The zero-order valence-electron chi connectivity index (χ0n) is 14.7. The Bertz CT molecular complexity index is 689. The molecule has 4 rings (SSSR count). The average Bonchev–Trinajstić information content (AvgIpc) is 3.19. The molecule has 1 aromatic carbocycles. The summed E-state index contributed by atoms with van der Waals surface area (Å²) < 4.78 is 6.25. The third-order valence-electron chi connectivity index (χ3n) is 5.47. The van der Waals surface area contributed by atoms with Gasteiger partial charge in [0.2, 0.25) is 0 Å². The lowest BCUT2D eigenvalue weighted by Gasteiger charge is -2.23. The minimum Gasteiger partial charge on any atom is -0.490 e. The van der Waals surface area contributed by atoms with Gasteiger partial charge in [-0.15, -0.1) is 0 Å². The van der Waals surface area contributed by atoms with E-state index in [-0.39, 0.29) is 6.03 Å². The van der Waals surface area contributed by atoms with E-state index in [0.29, 0.717) is 12.6 Å². The van der Waals surface area contributed by atoms with Crippen LogP contribution in [0.25, 0.3) is 0 Å². The van der Waals surface area contributed by atoms with Gasteiger partial charge in [-0.05, 0) is 63.5 Å². The third kappa shape index (κ3) is 2.68. The van der Waals surface area contributed by atoms with Gasteiger partial charge in [0.1, 0.15) is 5.75 Å². The van der Waals surface area contributed by atoms with E-state index in [9.17, 15) is 4.79 Å². The van der Waals surface area contributed by atoms with Crippen LogP contribution < -0.4 is 9.64 Å². The summed E-state index contributed by atoms with van der Waals surface area (Å²) >= 11 is 0. The predicted octanol–water partition coefficient (Wildman–Crippen LogP) is 4.54. The van der Waals surface area contributed by atoms with E-state index in [1.807, 2.05) is 9.80 Å². The number of carbonyl (C=O) groups is 1. The summed E-state index contributed by atoms with van der Waals surface area (Å²) in [7, 11) is 0. The van der Waals surface area contributed by atoms with Gasteiger partial charge in [0, 0.05) is 18.3 Å². The van der Waals surface area contributed by atoms with Crippen LogP contribution in [0.3, 0.4) is 0 Å². The van der Waals surface area contributed by atoms with Crippen molar-refractivity contribution in [3.8, 4) is 5.75 Å². The van der Waals surface area contributed by atoms with Crippen molar-refractivity contribution >= 4 is 11.7 Å². The lowest BCUT2D eigenvalue weighted by molar-refractivity contribution is 0.208. The Morgan fingerprint density at radius 1 is 1.04 bits per heavy atom. The Labute approximate surface area is 144 Å². The van der Waals surface area contributed by atoms with Crippen molar-refractivity contribution in [2.45, 2.75) is 58.5 Å². The molecule has 0 spiro atoms. The summed E-state index contributed by atoms with van der Waals surface area (Å²) in [4.78, 5) is 16.6. The van der Waals surface area contributed by atoms with Crippen molar-refractivity contribution in [1.82, 2.24) is 4.90 Å². The van der Waals surface area contributed by atoms with Crippen LogP contribution in [0.15, 0.2) is 23.9 Å². The van der Waals surface area contributed by atoms with Gasteiger partial charge in [0.05, 0.1) is 18.3 Å². The summed E-state index contributed by atoms with van der Waals surface area (Å²) in [5, 5.41) is 0. The lowest BCUT2D eigenvalue weighted by Crippen LogP contribution is -2.33. The average molecular weight is 326 g/mol. The monoisotopic (exact) mass is 326 g/mol. The smallest absolute Gasteiger partial charge is 0.329 e. The molecule has 4 heteroatoms. The van der Waals surface area contributed by atoms with Gasteiger partial charge in [-0.25, -0.2) is 4.79 Å². The summed E-state index contributed by atoms with van der Waals surface area (Å²) in [6.45, 7) is 5.71. The maximum Gasteiger partial charge on any atom is 0.329 e. The molecule has 1 aromatic rings. The first-order chi connectivity index (χ1) is 11.6. The molecule has 0 atom stereocenters. The molecule has 1 saturated carbocycles. The summed E-state index contributed by atoms with van der Waals surface area (Å²) in [5.74, 6) is 0.939. The molecule has 0 N–H and O–H groups in total. The Kier molecular flexibility index (Phi) is 3.99. The molecule has 2 aliphatic heterocycles. The van der Waals surface area contributed by atoms with Crippen LogP contribution >= 0.6 is 0 Å². The molecule has 24 heavy (non-hydrogen) atoms. The molecule has 0 unspecified atom stereocenters. The molecule has 128 valence electrons. The SMILES string of the molecule is Cc1cc(C)c(N2CC3=CCCCN3C2=O)cc1OC1CCCC1. The number of carbonyl (C=O) groups excluding carboxylic acids is 1. The number of hydrogen-bond acceptors (Lipinski definition) is 2. The molecule has 0 bridgehead atoms. The second-order valence-electron chi connectivity index (χ2n) is 7.29. The predicted molar refractivity (Wildman–Crippen MR) is 95.6 cm³/mol. The molecule has 2 heterocycles. The molecule has 2 amide bonds. The van der Waals surface area contributed by atoms with Gasteiger partial charge >= 0.3 is 6.03 Å². The van der Waals surface area contributed by atoms with Crippen LogP contribution in [0, 0.1) is 13.8 Å². The van der Waals surface area contributed by atoms with Crippen LogP contribution in [0.4, 0.5) is 10.5 Å². The number of aryl methyl sites for hydroxylation is 2. The molecule has 0 aromatic heterocycles. The standard InChI is InChI=1S/C20H26N2O2/c1-14-11-15(2)19(24-17-8-3-4-9-17)12-18(14)22-13-16-7-5-6-10-21(16)20(22)23/h7,11-12,17H,3-6,8-10,13H2,1-2H3. The first kappa shape index (κ1) is 15.6. The number of nitrogens with zero attached hydrogens (tertiary/aromatic N) is 2. The number of ether oxygens (including phenoxy) is 1. The van der Waals surface area contributed by atoms with E-state index in [1.165, 1.54) is 12.8 Å². The molecular formula is C20H26N2O2. The first-order valence-electron chi connectivity index (χ1n) is 9.19. The molecule has 1 saturated heterocycles. The van der Waals surface area contributed by atoms with E-state index >= 15 is 0 Å². The van der Waals surface area contributed by atoms with E-state index in [4.69, 9.17) is 4.74 Å². The van der Waals surface area contributed by atoms with Gasteiger partial charge in [-0.3, -0.25) is 9.80 Å². The maximum absolute atomic E-state index is 12.8. The zero-order chi connectivity index (χ0) is 16.7. The number of amides is 2. The highest BCUT2D eigenvalue weighted by Gasteiger charge is 2.35. The van der Waals surface area contributed by atoms with Gasteiger partial charge in [-0.2, -0.15) is 0 Å². The molecule has 4 nitrogen and oxygen atoms in total. The minimum absolute atomic E-state index is 0.111. The number of allylic oxidation sites excluding steroid dienone is 1. The number of rotatable bonds is 3. The summed E-state index contributed by atoms with van der Waals surface area (Å²) in [6.07, 6.45) is 9.50. The fourth-order valence-corrected chi connectivity index (χ4v) is 4.13. The number of fused-ring (bicyclic) bond motifs is 1. The second kappa shape index (κ2) is 6.15. The van der Waals surface area contributed by atoms with Crippen molar-refractivity contribution in [2.24, 2.45) is 0 Å². The quantitative estimate of drug-likeness (QED) is 0.816. The Hall–Kier alpha value is -1.97. The van der Waals surface area contributed by atoms with Crippen LogP contribution in [-0.4, -0.2) is 30.1 Å².